The Bertz CT molecular complexity index is 820. The van der Waals surface area contributed by atoms with Crippen LogP contribution in [0.3, 0.4) is 0 Å². The predicted octanol–water partition coefficient (Wildman–Crippen LogP) is 2.69. The summed E-state index contributed by atoms with van der Waals surface area (Å²) in [6.45, 7) is 9.13. The first kappa shape index (κ1) is 19.4. The summed E-state index contributed by atoms with van der Waals surface area (Å²) in [6, 6.07) is 13.8. The fourth-order valence-corrected chi connectivity index (χ4v) is 3.67. The summed E-state index contributed by atoms with van der Waals surface area (Å²) in [7, 11) is 0. The highest BCUT2D eigenvalue weighted by molar-refractivity contribution is 5.89. The van der Waals surface area contributed by atoms with E-state index in [1.54, 1.807) is 0 Å². The van der Waals surface area contributed by atoms with Crippen LogP contribution in [0.2, 0.25) is 0 Å². The van der Waals surface area contributed by atoms with Crippen LogP contribution >= 0.6 is 0 Å². The molecule has 0 spiro atoms. The van der Waals surface area contributed by atoms with Crippen LogP contribution in [-0.2, 0) is 16.1 Å². The van der Waals surface area contributed by atoms with Crippen LogP contribution in [-0.4, -0.2) is 42.4 Å². The van der Waals surface area contributed by atoms with Gasteiger partial charge in [0.25, 0.3) is 0 Å². The molecule has 2 aromatic carbocycles. The molecular formula is C22H29N3O2. The minimum absolute atomic E-state index is 0.0502. The zero-order chi connectivity index (χ0) is 19.4. The van der Waals surface area contributed by atoms with Gasteiger partial charge in [-0.2, -0.15) is 0 Å². The van der Waals surface area contributed by atoms with Gasteiger partial charge in [-0.1, -0.05) is 63.2 Å². The molecule has 27 heavy (non-hydrogen) atoms. The van der Waals surface area contributed by atoms with E-state index in [0.29, 0.717) is 13.1 Å². The Morgan fingerprint density at radius 1 is 1.19 bits per heavy atom. The smallest absolute Gasteiger partial charge is 0.237 e. The van der Waals surface area contributed by atoms with Crippen LogP contribution < -0.4 is 10.6 Å². The van der Waals surface area contributed by atoms with Gasteiger partial charge in [0.15, 0.2) is 0 Å². The van der Waals surface area contributed by atoms with Crippen LogP contribution in [0.15, 0.2) is 42.5 Å². The van der Waals surface area contributed by atoms with Crippen LogP contribution in [0, 0.1) is 5.41 Å². The lowest BCUT2D eigenvalue weighted by molar-refractivity contribution is -0.134. The molecular weight excluding hydrogens is 338 g/mol. The summed E-state index contributed by atoms with van der Waals surface area (Å²) >= 11 is 0. The molecule has 5 heteroatoms. The molecule has 0 aliphatic carbocycles. The van der Waals surface area contributed by atoms with Crippen LogP contribution in [0.1, 0.15) is 32.8 Å². The highest BCUT2D eigenvalue weighted by atomic mass is 16.2. The molecule has 0 aromatic heterocycles. The Balaban J connectivity index is 1.64. The van der Waals surface area contributed by atoms with Crippen molar-refractivity contribution in [3.05, 3.63) is 48.0 Å². The van der Waals surface area contributed by atoms with Crippen molar-refractivity contribution < 1.29 is 9.59 Å². The van der Waals surface area contributed by atoms with Crippen LogP contribution in [0.25, 0.3) is 10.8 Å². The lowest BCUT2D eigenvalue weighted by atomic mass is 9.94. The minimum Gasteiger partial charge on any atom is -0.353 e. The van der Waals surface area contributed by atoms with E-state index >= 15 is 0 Å². The number of benzene rings is 2. The van der Waals surface area contributed by atoms with Crippen molar-refractivity contribution in [2.75, 3.05) is 19.6 Å². The molecule has 2 aromatic rings. The van der Waals surface area contributed by atoms with E-state index in [1.165, 1.54) is 0 Å². The van der Waals surface area contributed by atoms with Gasteiger partial charge in [-0.15, -0.1) is 0 Å². The van der Waals surface area contributed by atoms with Gasteiger partial charge in [-0.05, 0) is 21.8 Å². The molecule has 2 N–H and O–H groups in total. The summed E-state index contributed by atoms with van der Waals surface area (Å²) < 4.78 is 0. The molecule has 0 radical (unpaired) electrons. The van der Waals surface area contributed by atoms with Gasteiger partial charge in [0.05, 0.1) is 12.5 Å². The molecule has 0 saturated carbocycles. The third-order valence-electron chi connectivity index (χ3n) is 4.85. The number of hydrogen-bond acceptors (Lipinski definition) is 3. The zero-order valence-electron chi connectivity index (χ0n) is 16.4. The Morgan fingerprint density at radius 2 is 1.93 bits per heavy atom. The molecule has 1 fully saturated rings. The molecule has 0 bridgehead atoms. The largest absolute Gasteiger partial charge is 0.353 e. The second-order valence-electron chi connectivity index (χ2n) is 8.46. The van der Waals surface area contributed by atoms with Crippen molar-refractivity contribution in [2.24, 2.45) is 5.41 Å². The van der Waals surface area contributed by atoms with E-state index in [4.69, 9.17) is 0 Å². The Morgan fingerprint density at radius 3 is 2.70 bits per heavy atom. The van der Waals surface area contributed by atoms with Gasteiger partial charge in [0, 0.05) is 26.2 Å². The number of piperazine rings is 1. The number of nitrogens with zero attached hydrogens (tertiary/aromatic N) is 1. The number of hydrogen-bond donors (Lipinski definition) is 2. The second-order valence-corrected chi connectivity index (χ2v) is 8.46. The zero-order valence-corrected chi connectivity index (χ0v) is 16.4. The fraction of sp³-hybridized carbons (Fsp3) is 0.455. The monoisotopic (exact) mass is 367 g/mol. The summed E-state index contributed by atoms with van der Waals surface area (Å²) in [6.07, 6.45) is 0.187. The standard InChI is InChI=1S/C22H29N3O2/c1-22(2,3)15-25-12-11-23-21(27)19(25)13-20(26)24-14-17-9-6-8-16-7-4-5-10-18(16)17/h4-10,19H,11-15H2,1-3H3,(H,23,27)(H,24,26). The molecule has 3 rings (SSSR count). The van der Waals surface area contributed by atoms with E-state index < -0.39 is 6.04 Å². The molecule has 1 aliphatic rings. The highest BCUT2D eigenvalue weighted by Crippen LogP contribution is 2.20. The highest BCUT2D eigenvalue weighted by Gasteiger charge is 2.33. The minimum atomic E-state index is -0.398. The quantitative estimate of drug-likeness (QED) is 0.854. The SMILES string of the molecule is CC(C)(C)CN1CCNC(=O)C1CC(=O)NCc1cccc2ccccc12. The van der Waals surface area contributed by atoms with Crippen molar-refractivity contribution in [2.45, 2.75) is 39.8 Å². The van der Waals surface area contributed by atoms with Crippen molar-refractivity contribution in [3.8, 4) is 0 Å². The number of rotatable bonds is 5. The molecule has 1 aliphatic heterocycles. The Kier molecular flexibility index (Phi) is 5.80. The number of nitrogens with one attached hydrogen (secondary N) is 2. The summed E-state index contributed by atoms with van der Waals surface area (Å²) in [5, 5.41) is 8.19. The van der Waals surface area contributed by atoms with Crippen molar-refractivity contribution in [1.82, 2.24) is 15.5 Å². The fourth-order valence-electron chi connectivity index (χ4n) is 3.67. The summed E-state index contributed by atoms with van der Waals surface area (Å²) in [5.41, 5.74) is 1.16. The number of carbonyl (C=O) groups is 2. The Hall–Kier alpha value is -2.40. The summed E-state index contributed by atoms with van der Waals surface area (Å²) in [4.78, 5) is 27.0. The average molecular weight is 367 g/mol. The van der Waals surface area contributed by atoms with E-state index in [9.17, 15) is 9.59 Å². The number of fused-ring (bicyclic) bond motifs is 1. The molecule has 1 atom stereocenters. The van der Waals surface area contributed by atoms with Gasteiger partial charge in [0.2, 0.25) is 11.8 Å². The second kappa shape index (κ2) is 8.09. The molecule has 144 valence electrons. The first-order valence-corrected chi connectivity index (χ1v) is 9.58. The topological polar surface area (TPSA) is 61.4 Å². The summed E-state index contributed by atoms with van der Waals surface area (Å²) in [5.74, 6) is -0.144. The maximum Gasteiger partial charge on any atom is 0.237 e. The normalized spacial score (nSPS) is 18.3. The van der Waals surface area contributed by atoms with E-state index in [0.717, 1.165) is 29.4 Å². The Labute approximate surface area is 161 Å². The first-order valence-electron chi connectivity index (χ1n) is 9.58. The van der Waals surface area contributed by atoms with Gasteiger partial charge in [0.1, 0.15) is 0 Å². The lowest BCUT2D eigenvalue weighted by Crippen LogP contribution is -2.58. The third-order valence-corrected chi connectivity index (χ3v) is 4.85. The maximum absolute atomic E-state index is 12.6. The van der Waals surface area contributed by atoms with Crippen LogP contribution in [0.4, 0.5) is 0 Å². The molecule has 2 amide bonds. The lowest BCUT2D eigenvalue weighted by Gasteiger charge is -2.38. The molecule has 5 nitrogen and oxygen atoms in total. The number of carbonyl (C=O) groups excluding carboxylic acids is 2. The number of amides is 2. The van der Waals surface area contributed by atoms with Crippen LogP contribution in [0.5, 0.6) is 0 Å². The molecule has 1 saturated heterocycles. The third kappa shape index (κ3) is 5.07. The predicted molar refractivity (Wildman–Crippen MR) is 108 cm³/mol. The van der Waals surface area contributed by atoms with E-state index in [2.05, 4.69) is 54.5 Å². The molecule has 1 heterocycles. The van der Waals surface area contributed by atoms with Gasteiger partial charge < -0.3 is 10.6 Å². The van der Waals surface area contributed by atoms with E-state index in [1.807, 2.05) is 24.3 Å². The van der Waals surface area contributed by atoms with Gasteiger partial charge >= 0.3 is 0 Å². The average Bonchev–Trinajstić information content (AvgIpc) is 2.61. The van der Waals surface area contributed by atoms with E-state index in [-0.39, 0.29) is 23.7 Å². The van der Waals surface area contributed by atoms with Gasteiger partial charge in [-0.3, -0.25) is 14.5 Å². The first-order chi connectivity index (χ1) is 12.8. The van der Waals surface area contributed by atoms with Crippen molar-refractivity contribution in [1.29, 1.82) is 0 Å². The maximum atomic E-state index is 12.6. The molecule has 1 unspecified atom stereocenters. The van der Waals surface area contributed by atoms with Crippen molar-refractivity contribution >= 4 is 22.6 Å². The van der Waals surface area contributed by atoms with Gasteiger partial charge in [-0.25, -0.2) is 0 Å². The van der Waals surface area contributed by atoms with Crippen molar-refractivity contribution in [3.63, 3.8) is 0 Å².